The summed E-state index contributed by atoms with van der Waals surface area (Å²) >= 11 is 4.72. The first-order chi connectivity index (χ1) is 6.51. The number of thiol groups is 1. The molecule has 1 nitrogen and oxygen atoms in total. The molecule has 2 heteroatoms. The van der Waals surface area contributed by atoms with Crippen LogP contribution in [0.1, 0.15) is 45.4 Å². The van der Waals surface area contributed by atoms with Crippen molar-refractivity contribution in [3.05, 3.63) is 0 Å². The number of nitrogens with two attached hydrogens (primary N) is 1. The zero-order valence-corrected chi connectivity index (χ0v) is 9.89. The number of hydrogen-bond acceptors (Lipinski definition) is 2. The first kappa shape index (κ1) is 9.53. The molecule has 0 aromatic rings. The van der Waals surface area contributed by atoms with Gasteiger partial charge < -0.3 is 5.73 Å². The second-order valence-electron chi connectivity index (χ2n) is 6.36. The summed E-state index contributed by atoms with van der Waals surface area (Å²) in [6.07, 6.45) is 8.12. The smallest absolute Gasteiger partial charge is 0.0165 e. The summed E-state index contributed by atoms with van der Waals surface area (Å²) in [6, 6.07) is 0. The van der Waals surface area contributed by atoms with Crippen molar-refractivity contribution in [1.29, 1.82) is 0 Å². The average Bonchev–Trinajstić information content (AvgIpc) is 1.98. The Labute approximate surface area is 92.2 Å². The lowest BCUT2D eigenvalue weighted by Crippen LogP contribution is -2.61. The predicted molar refractivity (Wildman–Crippen MR) is 62.5 cm³/mol. The van der Waals surface area contributed by atoms with Gasteiger partial charge in [0, 0.05) is 10.8 Å². The molecule has 4 aliphatic carbocycles. The van der Waals surface area contributed by atoms with Crippen molar-refractivity contribution in [2.24, 2.45) is 23.0 Å². The molecule has 3 atom stereocenters. The van der Waals surface area contributed by atoms with Crippen molar-refractivity contribution >= 4 is 12.6 Å². The average molecular weight is 211 g/mol. The third-order valence-corrected chi connectivity index (χ3v) is 5.59. The van der Waals surface area contributed by atoms with E-state index in [1.54, 1.807) is 0 Å². The van der Waals surface area contributed by atoms with Crippen LogP contribution in [-0.4, -0.2) is 10.8 Å². The van der Waals surface area contributed by atoms with Crippen molar-refractivity contribution in [1.82, 2.24) is 0 Å². The fourth-order valence-corrected chi connectivity index (χ4v) is 5.20. The molecule has 0 spiro atoms. The van der Waals surface area contributed by atoms with Gasteiger partial charge in [0.15, 0.2) is 0 Å². The van der Waals surface area contributed by atoms with E-state index in [1.165, 1.54) is 38.5 Å². The second kappa shape index (κ2) is 2.70. The van der Waals surface area contributed by atoms with Gasteiger partial charge in [0.2, 0.25) is 0 Å². The van der Waals surface area contributed by atoms with E-state index in [-0.39, 0.29) is 5.54 Å². The van der Waals surface area contributed by atoms with Crippen molar-refractivity contribution < 1.29 is 0 Å². The molecule has 0 aromatic heterocycles. The molecule has 0 radical (unpaired) electrons. The molecular weight excluding hydrogens is 190 g/mol. The molecule has 0 saturated heterocycles. The van der Waals surface area contributed by atoms with Crippen LogP contribution in [0, 0.1) is 17.3 Å². The molecule has 0 amide bonds. The van der Waals surface area contributed by atoms with Crippen LogP contribution in [0.4, 0.5) is 0 Å². The summed E-state index contributed by atoms with van der Waals surface area (Å²) in [5.74, 6) is 1.85. The standard InChI is InChI=1S/C12H21NS/c1-8(14)11-3-9-2-10(4-11)6-12(13,5-9)7-11/h8-10,14H,2-7,13H2,1H3. The van der Waals surface area contributed by atoms with Crippen LogP contribution in [0.25, 0.3) is 0 Å². The topological polar surface area (TPSA) is 26.0 Å². The minimum Gasteiger partial charge on any atom is -0.325 e. The Bertz CT molecular complexity index is 247. The predicted octanol–water partition coefficient (Wildman–Crippen LogP) is 2.60. The Kier molecular flexibility index (Phi) is 1.84. The number of hydrogen-bond donors (Lipinski definition) is 2. The van der Waals surface area contributed by atoms with E-state index < -0.39 is 0 Å². The van der Waals surface area contributed by atoms with Gasteiger partial charge in [-0.25, -0.2) is 0 Å². The fourth-order valence-electron chi connectivity index (χ4n) is 4.89. The van der Waals surface area contributed by atoms with Gasteiger partial charge in [0.05, 0.1) is 0 Å². The molecular formula is C12H21NS. The van der Waals surface area contributed by atoms with Crippen molar-refractivity contribution in [3.8, 4) is 0 Å². The van der Waals surface area contributed by atoms with Crippen molar-refractivity contribution in [2.75, 3.05) is 0 Å². The van der Waals surface area contributed by atoms with E-state index >= 15 is 0 Å². The minimum atomic E-state index is 0.196. The lowest BCUT2D eigenvalue weighted by molar-refractivity contribution is -0.0652. The highest BCUT2D eigenvalue weighted by atomic mass is 32.1. The zero-order valence-electron chi connectivity index (χ0n) is 9.00. The van der Waals surface area contributed by atoms with Crippen LogP contribution in [0.2, 0.25) is 0 Å². The first-order valence-electron chi connectivity index (χ1n) is 5.98. The van der Waals surface area contributed by atoms with E-state index in [2.05, 4.69) is 6.92 Å². The normalized spacial score (nSPS) is 57.6. The van der Waals surface area contributed by atoms with Crippen LogP contribution in [0.15, 0.2) is 0 Å². The van der Waals surface area contributed by atoms with Gasteiger partial charge in [-0.05, 0) is 55.8 Å². The first-order valence-corrected chi connectivity index (χ1v) is 6.50. The van der Waals surface area contributed by atoms with Crippen LogP contribution in [0.3, 0.4) is 0 Å². The van der Waals surface area contributed by atoms with Crippen LogP contribution in [0.5, 0.6) is 0 Å². The largest absolute Gasteiger partial charge is 0.325 e. The maximum atomic E-state index is 6.51. The van der Waals surface area contributed by atoms with Gasteiger partial charge >= 0.3 is 0 Å². The highest BCUT2D eigenvalue weighted by Gasteiger charge is 2.57. The summed E-state index contributed by atoms with van der Waals surface area (Å²) in [5.41, 5.74) is 7.21. The lowest BCUT2D eigenvalue weighted by Gasteiger charge is -2.62. The molecule has 0 heterocycles. The monoisotopic (exact) mass is 211 g/mol. The SMILES string of the molecule is CC(S)C12CC3CC(CC(N)(C3)C1)C2. The van der Waals surface area contributed by atoms with E-state index in [4.69, 9.17) is 18.4 Å². The Hall–Kier alpha value is 0.310. The molecule has 2 N–H and O–H groups in total. The van der Waals surface area contributed by atoms with Crippen LogP contribution in [-0.2, 0) is 0 Å². The third-order valence-electron chi connectivity index (χ3n) is 5.04. The Morgan fingerprint density at radius 3 is 2.21 bits per heavy atom. The molecule has 0 aliphatic heterocycles. The molecule has 0 aromatic carbocycles. The van der Waals surface area contributed by atoms with Crippen molar-refractivity contribution in [3.63, 3.8) is 0 Å². The fraction of sp³-hybridized carbons (Fsp3) is 1.00. The summed E-state index contributed by atoms with van der Waals surface area (Å²) in [7, 11) is 0. The molecule has 4 bridgehead atoms. The van der Waals surface area contributed by atoms with E-state index in [9.17, 15) is 0 Å². The Morgan fingerprint density at radius 2 is 1.79 bits per heavy atom. The van der Waals surface area contributed by atoms with E-state index in [0.29, 0.717) is 10.7 Å². The van der Waals surface area contributed by atoms with Gasteiger partial charge in [-0.15, -0.1) is 0 Å². The molecule has 14 heavy (non-hydrogen) atoms. The maximum absolute atomic E-state index is 6.51. The minimum absolute atomic E-state index is 0.196. The molecule has 80 valence electrons. The quantitative estimate of drug-likeness (QED) is 0.641. The Morgan fingerprint density at radius 1 is 1.21 bits per heavy atom. The van der Waals surface area contributed by atoms with Gasteiger partial charge in [-0.1, -0.05) is 6.92 Å². The van der Waals surface area contributed by atoms with Gasteiger partial charge in [-0.3, -0.25) is 0 Å². The van der Waals surface area contributed by atoms with Crippen LogP contribution >= 0.6 is 12.6 Å². The summed E-state index contributed by atoms with van der Waals surface area (Å²) in [6.45, 7) is 2.28. The van der Waals surface area contributed by atoms with E-state index in [1.807, 2.05) is 0 Å². The molecule has 4 fully saturated rings. The highest BCUT2D eigenvalue weighted by molar-refractivity contribution is 7.81. The lowest BCUT2D eigenvalue weighted by atomic mass is 9.46. The molecule has 4 aliphatic rings. The maximum Gasteiger partial charge on any atom is 0.0165 e. The van der Waals surface area contributed by atoms with Gasteiger partial charge in [0.25, 0.3) is 0 Å². The molecule has 3 unspecified atom stereocenters. The number of rotatable bonds is 1. The Balaban J connectivity index is 1.96. The summed E-state index contributed by atoms with van der Waals surface area (Å²) in [5, 5.41) is 0.538. The van der Waals surface area contributed by atoms with Crippen molar-refractivity contribution in [2.45, 2.75) is 56.2 Å². The van der Waals surface area contributed by atoms with Crippen LogP contribution < -0.4 is 5.73 Å². The summed E-state index contributed by atoms with van der Waals surface area (Å²) < 4.78 is 0. The summed E-state index contributed by atoms with van der Waals surface area (Å²) in [4.78, 5) is 0. The zero-order chi connectivity index (χ0) is 9.97. The molecule has 4 rings (SSSR count). The van der Waals surface area contributed by atoms with Gasteiger partial charge in [-0.2, -0.15) is 12.6 Å². The third kappa shape index (κ3) is 1.19. The second-order valence-corrected chi connectivity index (χ2v) is 7.14. The highest BCUT2D eigenvalue weighted by Crippen LogP contribution is 2.62. The van der Waals surface area contributed by atoms with Gasteiger partial charge in [0.1, 0.15) is 0 Å². The van der Waals surface area contributed by atoms with E-state index in [0.717, 1.165) is 11.8 Å². The molecule has 4 saturated carbocycles.